The van der Waals surface area contributed by atoms with Gasteiger partial charge in [-0.05, 0) is 42.3 Å². The molecule has 21 heavy (non-hydrogen) atoms. The van der Waals surface area contributed by atoms with Gasteiger partial charge in [0.2, 0.25) is 5.91 Å². The normalized spacial score (nSPS) is 11.9. The van der Waals surface area contributed by atoms with Crippen molar-refractivity contribution in [1.82, 2.24) is 5.32 Å². The van der Waals surface area contributed by atoms with Crippen LogP contribution in [0.25, 0.3) is 0 Å². The number of nitrogens with one attached hydrogen (secondary N) is 1. The first-order valence-corrected chi connectivity index (χ1v) is 6.86. The van der Waals surface area contributed by atoms with Gasteiger partial charge in [0.1, 0.15) is 5.75 Å². The van der Waals surface area contributed by atoms with Crippen LogP contribution in [0.2, 0.25) is 0 Å². The summed E-state index contributed by atoms with van der Waals surface area (Å²) in [5.74, 6) is 0.453. The number of amides is 1. The highest BCUT2D eigenvalue weighted by Crippen LogP contribution is 2.17. The predicted molar refractivity (Wildman–Crippen MR) is 83.2 cm³/mol. The van der Waals surface area contributed by atoms with Crippen LogP contribution in [0, 0.1) is 0 Å². The molecule has 4 nitrogen and oxygen atoms in total. The molecule has 0 spiro atoms. The second-order valence-electron chi connectivity index (χ2n) is 4.94. The van der Waals surface area contributed by atoms with Crippen molar-refractivity contribution in [1.29, 1.82) is 0 Å². The van der Waals surface area contributed by atoms with E-state index in [0.717, 1.165) is 17.9 Å². The molecule has 0 heterocycles. The van der Waals surface area contributed by atoms with E-state index in [1.807, 2.05) is 36.4 Å². The zero-order chi connectivity index (χ0) is 15.2. The van der Waals surface area contributed by atoms with E-state index in [2.05, 4.69) is 12.2 Å². The number of hydrogen-bond acceptors (Lipinski definition) is 3. The Morgan fingerprint density at radius 1 is 1.14 bits per heavy atom. The van der Waals surface area contributed by atoms with Crippen molar-refractivity contribution in [2.24, 2.45) is 5.73 Å². The van der Waals surface area contributed by atoms with Gasteiger partial charge in [0.25, 0.3) is 0 Å². The molecule has 4 heteroatoms. The molecule has 110 valence electrons. The summed E-state index contributed by atoms with van der Waals surface area (Å²) in [6.07, 6.45) is 0. The van der Waals surface area contributed by atoms with Gasteiger partial charge in [-0.15, -0.1) is 0 Å². The maximum Gasteiger partial charge on any atom is 0.248 e. The Bertz CT molecular complexity index is 591. The zero-order valence-electron chi connectivity index (χ0n) is 12.3. The van der Waals surface area contributed by atoms with Gasteiger partial charge in [-0.2, -0.15) is 0 Å². The third kappa shape index (κ3) is 4.07. The van der Waals surface area contributed by atoms with Crippen molar-refractivity contribution >= 4 is 5.91 Å². The van der Waals surface area contributed by atoms with Crippen molar-refractivity contribution in [3.05, 3.63) is 65.2 Å². The van der Waals surface area contributed by atoms with Crippen LogP contribution in [0.3, 0.4) is 0 Å². The summed E-state index contributed by atoms with van der Waals surface area (Å²) in [6.45, 7) is 2.84. The van der Waals surface area contributed by atoms with Crippen molar-refractivity contribution in [2.75, 3.05) is 7.11 Å². The number of carbonyl (C=O) groups is 1. The number of rotatable bonds is 6. The number of carbonyl (C=O) groups excluding carboxylic acids is 1. The lowest BCUT2D eigenvalue weighted by Gasteiger charge is -2.15. The molecule has 0 radical (unpaired) electrons. The largest absolute Gasteiger partial charge is 0.497 e. The quantitative estimate of drug-likeness (QED) is 0.857. The molecule has 1 atom stereocenters. The molecule has 0 aliphatic heterocycles. The first-order chi connectivity index (χ1) is 10.1. The van der Waals surface area contributed by atoms with Crippen LogP contribution in [0.4, 0.5) is 0 Å². The molecule has 1 unspecified atom stereocenters. The Morgan fingerprint density at radius 2 is 1.76 bits per heavy atom. The third-order valence-corrected chi connectivity index (χ3v) is 3.47. The number of benzene rings is 2. The third-order valence-electron chi connectivity index (χ3n) is 3.47. The van der Waals surface area contributed by atoms with Gasteiger partial charge < -0.3 is 15.8 Å². The molecule has 0 aliphatic rings. The summed E-state index contributed by atoms with van der Waals surface area (Å²) in [4.78, 5) is 11.0. The van der Waals surface area contributed by atoms with Gasteiger partial charge in [0, 0.05) is 18.2 Å². The molecule has 1 amide bonds. The van der Waals surface area contributed by atoms with E-state index in [4.69, 9.17) is 10.5 Å². The van der Waals surface area contributed by atoms with Gasteiger partial charge in [-0.3, -0.25) is 4.79 Å². The molecule has 0 bridgehead atoms. The van der Waals surface area contributed by atoms with Crippen LogP contribution in [-0.4, -0.2) is 13.0 Å². The molecule has 2 aromatic carbocycles. The molecule has 0 saturated heterocycles. The summed E-state index contributed by atoms with van der Waals surface area (Å²) >= 11 is 0. The first kappa shape index (κ1) is 15.1. The molecular weight excluding hydrogens is 264 g/mol. The van der Waals surface area contributed by atoms with E-state index in [-0.39, 0.29) is 6.04 Å². The van der Waals surface area contributed by atoms with Crippen LogP contribution in [0.5, 0.6) is 5.75 Å². The highest BCUT2D eigenvalue weighted by Gasteiger charge is 2.05. The average Bonchev–Trinajstić information content (AvgIpc) is 2.53. The topological polar surface area (TPSA) is 64.3 Å². The van der Waals surface area contributed by atoms with Gasteiger partial charge in [0.15, 0.2) is 0 Å². The van der Waals surface area contributed by atoms with Gasteiger partial charge in [0.05, 0.1) is 7.11 Å². The molecular formula is C17H20N2O2. The molecule has 0 aliphatic carbocycles. The SMILES string of the molecule is COc1ccc(C(C)NCc2ccc(C(N)=O)cc2)cc1. The smallest absolute Gasteiger partial charge is 0.248 e. The Kier molecular flexibility index (Phi) is 4.95. The number of primary amides is 1. The number of hydrogen-bond donors (Lipinski definition) is 2. The first-order valence-electron chi connectivity index (χ1n) is 6.86. The Hall–Kier alpha value is -2.33. The van der Waals surface area contributed by atoms with E-state index in [1.54, 1.807) is 19.2 Å². The molecule has 0 aromatic heterocycles. The molecule has 2 aromatic rings. The van der Waals surface area contributed by atoms with E-state index in [0.29, 0.717) is 5.56 Å². The standard InChI is InChI=1S/C17H20N2O2/c1-12(14-7-9-16(21-2)10-8-14)19-11-13-3-5-15(6-4-13)17(18)20/h3-10,12,19H,11H2,1-2H3,(H2,18,20). The fourth-order valence-electron chi connectivity index (χ4n) is 2.07. The molecule has 3 N–H and O–H groups in total. The van der Waals surface area contributed by atoms with E-state index >= 15 is 0 Å². The maximum atomic E-state index is 11.0. The minimum Gasteiger partial charge on any atom is -0.497 e. The van der Waals surface area contributed by atoms with Crippen LogP contribution in [-0.2, 0) is 6.54 Å². The molecule has 0 fully saturated rings. The highest BCUT2D eigenvalue weighted by atomic mass is 16.5. The van der Waals surface area contributed by atoms with Crippen LogP contribution in [0.15, 0.2) is 48.5 Å². The zero-order valence-corrected chi connectivity index (χ0v) is 12.3. The summed E-state index contributed by atoms with van der Waals surface area (Å²) in [7, 11) is 1.66. The summed E-state index contributed by atoms with van der Waals surface area (Å²) < 4.78 is 5.15. The second-order valence-corrected chi connectivity index (χ2v) is 4.94. The fraction of sp³-hybridized carbons (Fsp3) is 0.235. The Balaban J connectivity index is 1.93. The average molecular weight is 284 g/mol. The van der Waals surface area contributed by atoms with Crippen LogP contribution >= 0.6 is 0 Å². The Morgan fingerprint density at radius 3 is 2.29 bits per heavy atom. The molecule has 0 saturated carbocycles. The lowest BCUT2D eigenvalue weighted by Crippen LogP contribution is -2.18. The fourth-order valence-corrected chi connectivity index (χ4v) is 2.07. The second kappa shape index (κ2) is 6.90. The Labute approximate surface area is 124 Å². The lowest BCUT2D eigenvalue weighted by molar-refractivity contribution is 0.100. The van der Waals surface area contributed by atoms with E-state index < -0.39 is 5.91 Å². The summed E-state index contributed by atoms with van der Waals surface area (Å²) in [6, 6.07) is 15.5. The van der Waals surface area contributed by atoms with Crippen molar-refractivity contribution < 1.29 is 9.53 Å². The van der Waals surface area contributed by atoms with Gasteiger partial charge >= 0.3 is 0 Å². The van der Waals surface area contributed by atoms with Gasteiger partial charge in [-0.25, -0.2) is 0 Å². The lowest BCUT2D eigenvalue weighted by atomic mass is 10.1. The predicted octanol–water partition coefficient (Wildman–Crippen LogP) is 2.64. The summed E-state index contributed by atoms with van der Waals surface area (Å²) in [5, 5.41) is 3.44. The van der Waals surface area contributed by atoms with Crippen LogP contribution in [0.1, 0.15) is 34.5 Å². The number of ether oxygens (including phenoxy) is 1. The minimum atomic E-state index is -0.402. The van der Waals surface area contributed by atoms with Crippen molar-refractivity contribution in [2.45, 2.75) is 19.5 Å². The monoisotopic (exact) mass is 284 g/mol. The summed E-state index contributed by atoms with van der Waals surface area (Å²) in [5.41, 5.74) is 8.06. The number of nitrogens with two attached hydrogens (primary N) is 1. The van der Waals surface area contributed by atoms with Crippen molar-refractivity contribution in [3.63, 3.8) is 0 Å². The maximum absolute atomic E-state index is 11.0. The highest BCUT2D eigenvalue weighted by molar-refractivity contribution is 5.92. The van der Waals surface area contributed by atoms with Crippen LogP contribution < -0.4 is 15.8 Å². The van der Waals surface area contributed by atoms with E-state index in [1.165, 1.54) is 5.56 Å². The van der Waals surface area contributed by atoms with Crippen molar-refractivity contribution in [3.8, 4) is 5.75 Å². The van der Waals surface area contributed by atoms with E-state index in [9.17, 15) is 4.79 Å². The minimum absolute atomic E-state index is 0.228. The molecule has 2 rings (SSSR count). The van der Waals surface area contributed by atoms with Gasteiger partial charge in [-0.1, -0.05) is 24.3 Å². The number of methoxy groups -OCH3 is 1.